The van der Waals surface area contributed by atoms with E-state index in [0.717, 1.165) is 0 Å². The van der Waals surface area contributed by atoms with Gasteiger partial charge in [-0.25, -0.2) is 9.37 Å². The molecule has 0 amide bonds. The lowest BCUT2D eigenvalue weighted by molar-refractivity contribution is -0.138. The zero-order valence-corrected chi connectivity index (χ0v) is 9.22. The summed E-state index contributed by atoms with van der Waals surface area (Å²) in [6, 6.07) is 4.78. The molecule has 0 saturated heterocycles. The van der Waals surface area contributed by atoms with Gasteiger partial charge in [-0.2, -0.15) is 0 Å². The fourth-order valence-electron chi connectivity index (χ4n) is 2.28. The highest BCUT2D eigenvalue weighted by atomic mass is 19.1. The lowest BCUT2D eigenvalue weighted by Crippen LogP contribution is -2.02. The largest absolute Gasteiger partial charge is 0.481 e. The van der Waals surface area contributed by atoms with Crippen molar-refractivity contribution < 1.29 is 14.3 Å². The van der Waals surface area contributed by atoms with E-state index in [-0.39, 0.29) is 17.7 Å². The number of nitrogens with zero attached hydrogens (tertiary/aromatic N) is 2. The molecule has 1 aliphatic rings. The van der Waals surface area contributed by atoms with E-state index in [1.165, 1.54) is 6.07 Å². The van der Waals surface area contributed by atoms with Crippen molar-refractivity contribution in [2.45, 2.75) is 12.3 Å². The summed E-state index contributed by atoms with van der Waals surface area (Å²) in [4.78, 5) is 15.1. The molecular weight excluding hydrogens is 223 g/mol. The van der Waals surface area contributed by atoms with Crippen molar-refractivity contribution >= 4 is 17.0 Å². The lowest BCUT2D eigenvalue weighted by atomic mass is 10.3. The number of aliphatic carboxylic acids is 1. The monoisotopic (exact) mass is 234 g/mol. The third kappa shape index (κ3) is 1.42. The van der Waals surface area contributed by atoms with Crippen LogP contribution in [0, 0.1) is 11.7 Å². The molecule has 1 heterocycles. The molecule has 0 bridgehead atoms. The highest BCUT2D eigenvalue weighted by Gasteiger charge is 2.47. The van der Waals surface area contributed by atoms with Gasteiger partial charge in [0.2, 0.25) is 0 Å². The number of aryl methyl sites for hydroxylation is 1. The fraction of sp³-hybridized carbons (Fsp3) is 0.333. The van der Waals surface area contributed by atoms with Crippen molar-refractivity contribution in [2.24, 2.45) is 13.0 Å². The Morgan fingerprint density at radius 3 is 2.94 bits per heavy atom. The molecule has 1 aromatic carbocycles. The molecule has 2 atom stereocenters. The van der Waals surface area contributed by atoms with E-state index >= 15 is 0 Å². The van der Waals surface area contributed by atoms with Crippen LogP contribution < -0.4 is 0 Å². The molecule has 88 valence electrons. The molecule has 1 saturated carbocycles. The van der Waals surface area contributed by atoms with Crippen LogP contribution in [0.1, 0.15) is 18.2 Å². The number of rotatable bonds is 2. The van der Waals surface area contributed by atoms with Gasteiger partial charge in [-0.15, -0.1) is 0 Å². The summed E-state index contributed by atoms with van der Waals surface area (Å²) in [6.07, 6.45) is 0.591. The van der Waals surface area contributed by atoms with Gasteiger partial charge >= 0.3 is 5.97 Å². The van der Waals surface area contributed by atoms with Gasteiger partial charge in [0.15, 0.2) is 5.82 Å². The Labute approximate surface area is 96.7 Å². The van der Waals surface area contributed by atoms with Gasteiger partial charge in [-0.1, -0.05) is 6.07 Å². The molecule has 0 radical (unpaired) electrons. The summed E-state index contributed by atoms with van der Waals surface area (Å²) in [5, 5.41) is 8.89. The number of aromatic nitrogens is 2. The van der Waals surface area contributed by atoms with Crippen LogP contribution in [0.3, 0.4) is 0 Å². The second kappa shape index (κ2) is 3.29. The van der Waals surface area contributed by atoms with Gasteiger partial charge in [0.25, 0.3) is 0 Å². The molecule has 4 nitrogen and oxygen atoms in total. The third-order valence-corrected chi connectivity index (χ3v) is 3.34. The topological polar surface area (TPSA) is 55.1 Å². The maximum Gasteiger partial charge on any atom is 0.307 e. The van der Waals surface area contributed by atoms with Crippen molar-refractivity contribution in [1.82, 2.24) is 9.55 Å². The lowest BCUT2D eigenvalue weighted by Gasteiger charge is -1.99. The second-order valence-electron chi connectivity index (χ2n) is 4.42. The van der Waals surface area contributed by atoms with Crippen molar-refractivity contribution in [3.8, 4) is 0 Å². The number of carboxylic acid groups (broad SMARTS) is 1. The molecule has 3 rings (SSSR count). The highest BCUT2D eigenvalue weighted by molar-refractivity contribution is 5.78. The van der Waals surface area contributed by atoms with E-state index in [2.05, 4.69) is 4.98 Å². The van der Waals surface area contributed by atoms with Crippen molar-refractivity contribution in [3.63, 3.8) is 0 Å². The maximum atomic E-state index is 13.5. The van der Waals surface area contributed by atoms with Gasteiger partial charge in [0.1, 0.15) is 11.3 Å². The number of carbonyl (C=O) groups is 1. The van der Waals surface area contributed by atoms with E-state index in [1.54, 1.807) is 23.7 Å². The summed E-state index contributed by atoms with van der Waals surface area (Å²) >= 11 is 0. The van der Waals surface area contributed by atoms with Crippen molar-refractivity contribution in [3.05, 3.63) is 29.8 Å². The smallest absolute Gasteiger partial charge is 0.307 e. The van der Waals surface area contributed by atoms with Crippen LogP contribution in [0.25, 0.3) is 11.0 Å². The Morgan fingerprint density at radius 1 is 1.59 bits per heavy atom. The Kier molecular flexibility index (Phi) is 1.98. The van der Waals surface area contributed by atoms with Crippen molar-refractivity contribution in [2.75, 3.05) is 0 Å². The first-order valence-corrected chi connectivity index (χ1v) is 5.43. The molecule has 2 aromatic rings. The van der Waals surface area contributed by atoms with E-state index in [0.29, 0.717) is 23.3 Å². The van der Waals surface area contributed by atoms with Crippen LogP contribution in [0.5, 0.6) is 0 Å². The number of carboxylic acids is 1. The minimum atomic E-state index is -0.803. The number of hydrogen-bond acceptors (Lipinski definition) is 2. The second-order valence-corrected chi connectivity index (χ2v) is 4.42. The molecule has 17 heavy (non-hydrogen) atoms. The zero-order chi connectivity index (χ0) is 12.2. The summed E-state index contributed by atoms with van der Waals surface area (Å²) in [7, 11) is 1.79. The molecule has 1 aromatic heterocycles. The number of imidazole rings is 1. The average Bonchev–Trinajstić information content (AvgIpc) is 3.00. The average molecular weight is 234 g/mol. The summed E-state index contributed by atoms with van der Waals surface area (Å²) in [5.74, 6) is -0.949. The van der Waals surface area contributed by atoms with Crippen LogP contribution in [-0.2, 0) is 11.8 Å². The van der Waals surface area contributed by atoms with Crippen LogP contribution in [0.2, 0.25) is 0 Å². The standard InChI is InChI=1S/C12H11FN2O2/c1-15-9-4-2-3-8(13)10(9)14-11(15)6-5-7(6)12(16)17/h2-4,6-7H,5H2,1H3,(H,16,17). The Morgan fingerprint density at radius 2 is 2.35 bits per heavy atom. The van der Waals surface area contributed by atoms with E-state index in [1.807, 2.05) is 0 Å². The van der Waals surface area contributed by atoms with E-state index < -0.39 is 5.97 Å². The fourth-order valence-corrected chi connectivity index (χ4v) is 2.28. The summed E-state index contributed by atoms with van der Waals surface area (Å²) < 4.78 is 15.3. The molecule has 1 aliphatic carbocycles. The van der Waals surface area contributed by atoms with E-state index in [4.69, 9.17) is 5.11 Å². The van der Waals surface area contributed by atoms with Gasteiger partial charge in [-0.05, 0) is 18.6 Å². The molecule has 5 heteroatoms. The molecule has 0 spiro atoms. The normalized spacial score (nSPS) is 22.9. The van der Waals surface area contributed by atoms with Gasteiger partial charge in [0.05, 0.1) is 11.4 Å². The van der Waals surface area contributed by atoms with Gasteiger partial charge in [0, 0.05) is 13.0 Å². The van der Waals surface area contributed by atoms with Crippen molar-refractivity contribution in [1.29, 1.82) is 0 Å². The third-order valence-electron chi connectivity index (χ3n) is 3.34. The van der Waals surface area contributed by atoms with Crippen LogP contribution in [0.15, 0.2) is 18.2 Å². The number of para-hydroxylation sites is 1. The summed E-state index contributed by atoms with van der Waals surface area (Å²) in [6.45, 7) is 0. The molecule has 1 fully saturated rings. The highest BCUT2D eigenvalue weighted by Crippen LogP contribution is 2.47. The minimum absolute atomic E-state index is 0.0794. The quantitative estimate of drug-likeness (QED) is 0.863. The minimum Gasteiger partial charge on any atom is -0.481 e. The number of benzene rings is 1. The molecule has 1 N–H and O–H groups in total. The van der Waals surface area contributed by atoms with Crippen LogP contribution in [-0.4, -0.2) is 20.6 Å². The number of halogens is 1. The van der Waals surface area contributed by atoms with Gasteiger partial charge in [-0.3, -0.25) is 4.79 Å². The SMILES string of the molecule is Cn1c(C2CC2C(=O)O)nc2c(F)cccc21. The first-order valence-electron chi connectivity index (χ1n) is 5.43. The van der Waals surface area contributed by atoms with E-state index in [9.17, 15) is 9.18 Å². The first-order chi connectivity index (χ1) is 8.09. The van der Waals surface area contributed by atoms with Crippen LogP contribution in [0.4, 0.5) is 4.39 Å². The Bertz CT molecular complexity index is 620. The Hall–Kier alpha value is -1.91. The van der Waals surface area contributed by atoms with Crippen LogP contribution >= 0.6 is 0 Å². The maximum absolute atomic E-state index is 13.5. The summed E-state index contributed by atoms with van der Waals surface area (Å²) in [5.41, 5.74) is 1.03. The van der Waals surface area contributed by atoms with Gasteiger partial charge < -0.3 is 9.67 Å². The number of fused-ring (bicyclic) bond motifs is 1. The molecule has 0 aliphatic heterocycles. The molecule has 2 unspecified atom stereocenters. The number of hydrogen-bond donors (Lipinski definition) is 1. The zero-order valence-electron chi connectivity index (χ0n) is 9.22. The predicted molar refractivity (Wildman–Crippen MR) is 59.2 cm³/mol. The molecular formula is C12H11FN2O2. The predicted octanol–water partition coefficient (Wildman–Crippen LogP) is 1.90. The first kappa shape index (κ1) is 10.3. The Balaban J connectivity index is 2.10.